The topological polar surface area (TPSA) is 49.4 Å². The lowest BCUT2D eigenvalue weighted by atomic mass is 9.99. The maximum absolute atomic E-state index is 12.3. The number of hydrogen-bond acceptors (Lipinski definition) is 3. The lowest BCUT2D eigenvalue weighted by molar-refractivity contribution is -0.146. The van der Waals surface area contributed by atoms with Gasteiger partial charge in [-0.25, -0.2) is 0 Å². The summed E-state index contributed by atoms with van der Waals surface area (Å²) in [6.07, 6.45) is 3.75. The number of nitrogens with one attached hydrogen (secondary N) is 1. The smallest absolute Gasteiger partial charge is 0.233 e. The summed E-state index contributed by atoms with van der Waals surface area (Å²) in [6, 6.07) is 0. The van der Waals surface area contributed by atoms with E-state index in [1.165, 1.54) is 0 Å². The van der Waals surface area contributed by atoms with E-state index in [2.05, 4.69) is 5.32 Å². The molecule has 0 spiro atoms. The lowest BCUT2D eigenvalue weighted by Crippen LogP contribution is -2.51. The molecule has 3 fully saturated rings. The summed E-state index contributed by atoms with van der Waals surface area (Å²) < 4.78 is 0. The zero-order valence-corrected chi connectivity index (χ0v) is 9.66. The van der Waals surface area contributed by atoms with Crippen LogP contribution in [-0.4, -0.2) is 35.3 Å². The minimum Gasteiger partial charge on any atom is -0.314 e. The minimum atomic E-state index is -0.265. The molecule has 0 aromatic carbocycles. The summed E-state index contributed by atoms with van der Waals surface area (Å²) in [4.78, 5) is 26.1. The summed E-state index contributed by atoms with van der Waals surface area (Å²) in [6.45, 7) is 3.69. The van der Waals surface area contributed by atoms with Crippen molar-refractivity contribution >= 4 is 11.8 Å². The van der Waals surface area contributed by atoms with Crippen molar-refractivity contribution in [3.05, 3.63) is 0 Å². The third-order valence-corrected chi connectivity index (χ3v) is 4.48. The highest BCUT2D eigenvalue weighted by Crippen LogP contribution is 2.43. The van der Waals surface area contributed by atoms with E-state index in [1.807, 2.05) is 6.92 Å². The third kappa shape index (κ3) is 1.19. The first-order valence-corrected chi connectivity index (χ1v) is 6.22. The second kappa shape index (κ2) is 3.29. The molecule has 88 valence electrons. The second-order valence-corrected chi connectivity index (χ2v) is 5.58. The van der Waals surface area contributed by atoms with E-state index in [-0.39, 0.29) is 29.2 Å². The van der Waals surface area contributed by atoms with Crippen LogP contribution in [0.4, 0.5) is 0 Å². The van der Waals surface area contributed by atoms with Gasteiger partial charge in [0.25, 0.3) is 0 Å². The van der Waals surface area contributed by atoms with Gasteiger partial charge in [0.15, 0.2) is 0 Å². The molecular weight excluding hydrogens is 204 g/mol. The maximum atomic E-state index is 12.3. The number of nitrogens with zero attached hydrogens (tertiary/aromatic N) is 1. The Morgan fingerprint density at radius 2 is 1.88 bits per heavy atom. The molecule has 2 heterocycles. The van der Waals surface area contributed by atoms with E-state index in [0.29, 0.717) is 0 Å². The Balaban J connectivity index is 1.91. The van der Waals surface area contributed by atoms with E-state index in [9.17, 15) is 9.59 Å². The Labute approximate surface area is 95.4 Å². The molecule has 0 aromatic heterocycles. The molecule has 0 aromatic rings. The molecule has 0 radical (unpaired) electrons. The fourth-order valence-electron chi connectivity index (χ4n) is 3.52. The first-order chi connectivity index (χ1) is 7.63. The predicted octanol–water partition coefficient (Wildman–Crippen LogP) is 0.524. The average Bonchev–Trinajstić information content (AvgIpc) is 2.89. The SMILES string of the molecule is CC1(N2C(=O)C3CCCC3C2=O)CCNC1. The molecule has 3 aliphatic rings. The van der Waals surface area contributed by atoms with Crippen molar-refractivity contribution in [2.24, 2.45) is 11.8 Å². The van der Waals surface area contributed by atoms with Crippen LogP contribution in [0.1, 0.15) is 32.6 Å². The summed E-state index contributed by atoms with van der Waals surface area (Å²) in [5.41, 5.74) is -0.265. The zero-order chi connectivity index (χ0) is 11.3. The van der Waals surface area contributed by atoms with Crippen LogP contribution in [0, 0.1) is 11.8 Å². The van der Waals surface area contributed by atoms with Gasteiger partial charge in [-0.1, -0.05) is 6.42 Å². The van der Waals surface area contributed by atoms with Gasteiger partial charge in [0, 0.05) is 6.54 Å². The van der Waals surface area contributed by atoms with Gasteiger partial charge in [0.05, 0.1) is 17.4 Å². The Morgan fingerprint density at radius 3 is 2.38 bits per heavy atom. The van der Waals surface area contributed by atoms with E-state index < -0.39 is 0 Å². The Hall–Kier alpha value is -0.900. The van der Waals surface area contributed by atoms with Gasteiger partial charge in [0.2, 0.25) is 11.8 Å². The maximum Gasteiger partial charge on any atom is 0.233 e. The number of imide groups is 1. The molecule has 0 bridgehead atoms. The van der Waals surface area contributed by atoms with Gasteiger partial charge in [-0.2, -0.15) is 0 Å². The molecule has 3 rings (SSSR count). The number of likely N-dealkylation sites (tertiary alicyclic amines) is 1. The highest BCUT2D eigenvalue weighted by atomic mass is 16.2. The predicted molar refractivity (Wildman–Crippen MR) is 58.6 cm³/mol. The molecule has 2 aliphatic heterocycles. The molecule has 1 aliphatic carbocycles. The van der Waals surface area contributed by atoms with Crippen LogP contribution in [0.2, 0.25) is 0 Å². The molecule has 3 unspecified atom stereocenters. The number of rotatable bonds is 1. The molecule has 1 saturated carbocycles. The number of fused-ring (bicyclic) bond motifs is 1. The van der Waals surface area contributed by atoms with Gasteiger partial charge in [-0.3, -0.25) is 14.5 Å². The number of amides is 2. The second-order valence-electron chi connectivity index (χ2n) is 5.58. The highest BCUT2D eigenvalue weighted by molar-refractivity contribution is 6.06. The molecule has 4 heteroatoms. The number of hydrogen-bond donors (Lipinski definition) is 1. The van der Waals surface area contributed by atoms with E-state index in [0.717, 1.165) is 38.8 Å². The molecule has 16 heavy (non-hydrogen) atoms. The summed E-state index contributed by atoms with van der Waals surface area (Å²) in [7, 11) is 0. The van der Waals surface area contributed by atoms with Crippen LogP contribution < -0.4 is 5.32 Å². The highest BCUT2D eigenvalue weighted by Gasteiger charge is 2.55. The quantitative estimate of drug-likeness (QED) is 0.658. The van der Waals surface area contributed by atoms with Crippen LogP contribution in [-0.2, 0) is 9.59 Å². The number of carbonyl (C=O) groups is 2. The molecule has 3 atom stereocenters. The largest absolute Gasteiger partial charge is 0.314 e. The Morgan fingerprint density at radius 1 is 1.25 bits per heavy atom. The van der Waals surface area contributed by atoms with Crippen LogP contribution in [0.15, 0.2) is 0 Å². The normalized spacial score (nSPS) is 43.2. The molecule has 1 N–H and O–H groups in total. The van der Waals surface area contributed by atoms with Gasteiger partial charge < -0.3 is 5.32 Å². The average molecular weight is 222 g/mol. The van der Waals surface area contributed by atoms with E-state index in [1.54, 1.807) is 4.90 Å². The van der Waals surface area contributed by atoms with E-state index in [4.69, 9.17) is 0 Å². The summed E-state index contributed by atoms with van der Waals surface area (Å²) in [5.74, 6) is 0.201. The fourth-order valence-corrected chi connectivity index (χ4v) is 3.52. The lowest BCUT2D eigenvalue weighted by Gasteiger charge is -2.33. The zero-order valence-electron chi connectivity index (χ0n) is 9.66. The third-order valence-electron chi connectivity index (χ3n) is 4.48. The van der Waals surface area contributed by atoms with Crippen molar-refractivity contribution in [2.45, 2.75) is 38.1 Å². The Bertz CT molecular complexity index is 325. The molecule has 2 saturated heterocycles. The molecule has 4 nitrogen and oxygen atoms in total. The van der Waals surface area contributed by atoms with Crippen molar-refractivity contribution in [1.29, 1.82) is 0 Å². The molecular formula is C12H18N2O2. The van der Waals surface area contributed by atoms with Crippen molar-refractivity contribution in [2.75, 3.05) is 13.1 Å². The van der Waals surface area contributed by atoms with Crippen molar-refractivity contribution in [1.82, 2.24) is 10.2 Å². The first-order valence-electron chi connectivity index (χ1n) is 6.22. The Kier molecular flexibility index (Phi) is 2.11. The van der Waals surface area contributed by atoms with Crippen molar-refractivity contribution in [3.63, 3.8) is 0 Å². The van der Waals surface area contributed by atoms with E-state index >= 15 is 0 Å². The van der Waals surface area contributed by atoms with Gasteiger partial charge in [0.1, 0.15) is 0 Å². The van der Waals surface area contributed by atoms with Gasteiger partial charge in [-0.05, 0) is 32.7 Å². The van der Waals surface area contributed by atoms with Crippen LogP contribution in [0.25, 0.3) is 0 Å². The molecule has 2 amide bonds. The fraction of sp³-hybridized carbons (Fsp3) is 0.833. The van der Waals surface area contributed by atoms with Crippen molar-refractivity contribution < 1.29 is 9.59 Å². The van der Waals surface area contributed by atoms with Crippen molar-refractivity contribution in [3.8, 4) is 0 Å². The van der Waals surface area contributed by atoms with Crippen LogP contribution >= 0.6 is 0 Å². The van der Waals surface area contributed by atoms with Crippen LogP contribution in [0.5, 0.6) is 0 Å². The standard InChI is InChI=1S/C12H18N2O2/c1-12(5-6-13-7-12)14-10(15)8-3-2-4-9(8)11(14)16/h8-9,13H,2-7H2,1H3. The monoisotopic (exact) mass is 222 g/mol. The van der Waals surface area contributed by atoms with Gasteiger partial charge in [-0.15, -0.1) is 0 Å². The van der Waals surface area contributed by atoms with Crippen LogP contribution in [0.3, 0.4) is 0 Å². The number of carbonyl (C=O) groups excluding carboxylic acids is 2. The minimum absolute atomic E-state index is 0.00456. The first kappa shape index (κ1) is 10.3. The van der Waals surface area contributed by atoms with Gasteiger partial charge >= 0.3 is 0 Å². The summed E-state index contributed by atoms with van der Waals surface area (Å²) >= 11 is 0. The summed E-state index contributed by atoms with van der Waals surface area (Å²) in [5, 5.41) is 3.25.